The van der Waals surface area contributed by atoms with Crippen molar-refractivity contribution in [3.8, 4) is 0 Å². The van der Waals surface area contributed by atoms with Gasteiger partial charge in [-0.2, -0.15) is 0 Å². The lowest BCUT2D eigenvalue weighted by Gasteiger charge is -2.17. The van der Waals surface area contributed by atoms with Crippen LogP contribution in [0.5, 0.6) is 0 Å². The predicted molar refractivity (Wildman–Crippen MR) is 92.0 cm³/mol. The zero-order valence-electron chi connectivity index (χ0n) is 13.8. The van der Waals surface area contributed by atoms with Gasteiger partial charge in [0.15, 0.2) is 0 Å². The second-order valence-corrected chi connectivity index (χ2v) is 8.17. The quantitative estimate of drug-likeness (QED) is 0.865. The fourth-order valence-corrected chi connectivity index (χ4v) is 2.89. The van der Waals surface area contributed by atoms with E-state index >= 15 is 0 Å². The van der Waals surface area contributed by atoms with Crippen molar-refractivity contribution in [2.75, 3.05) is 10.0 Å². The van der Waals surface area contributed by atoms with Crippen LogP contribution in [0.1, 0.15) is 27.2 Å². The number of carbonyl (C=O) groups is 1. The molecule has 0 aliphatic rings. The minimum atomic E-state index is -3.78. The smallest absolute Gasteiger partial charge is 0.264 e. The summed E-state index contributed by atoms with van der Waals surface area (Å²) in [4.78, 5) is 19.6. The number of amides is 1. The van der Waals surface area contributed by atoms with Gasteiger partial charge >= 0.3 is 0 Å². The van der Waals surface area contributed by atoms with Crippen LogP contribution in [-0.4, -0.2) is 24.3 Å². The number of hydrogen-bond donors (Lipinski definition) is 2. The Morgan fingerprint density at radius 2 is 1.67 bits per heavy atom. The fourth-order valence-electron chi connectivity index (χ4n) is 1.94. The van der Waals surface area contributed by atoms with E-state index < -0.39 is 10.0 Å². The zero-order chi connectivity index (χ0) is 17.8. The molecule has 0 aliphatic carbocycles. The van der Waals surface area contributed by atoms with Crippen molar-refractivity contribution >= 4 is 27.6 Å². The molecule has 2 aromatic rings. The summed E-state index contributed by atoms with van der Waals surface area (Å²) in [7, 11) is -3.78. The fraction of sp³-hybridized carbons (Fsp3) is 0.312. The van der Waals surface area contributed by atoms with Gasteiger partial charge in [0.2, 0.25) is 11.9 Å². The molecule has 2 N–H and O–H groups in total. The molecule has 7 nitrogen and oxygen atoms in total. The van der Waals surface area contributed by atoms with Gasteiger partial charge in [-0.05, 0) is 35.7 Å². The minimum absolute atomic E-state index is 0.0000523. The first kappa shape index (κ1) is 17.9. The lowest BCUT2D eigenvalue weighted by molar-refractivity contribution is -0.117. The molecule has 8 heteroatoms. The Labute approximate surface area is 141 Å². The van der Waals surface area contributed by atoms with E-state index in [9.17, 15) is 13.2 Å². The molecule has 0 aliphatic heterocycles. The molecular weight excluding hydrogens is 328 g/mol. The van der Waals surface area contributed by atoms with Gasteiger partial charge in [-0.1, -0.05) is 20.8 Å². The van der Waals surface area contributed by atoms with E-state index in [0.717, 1.165) is 0 Å². The largest absolute Gasteiger partial charge is 0.326 e. The van der Waals surface area contributed by atoms with Gasteiger partial charge < -0.3 is 5.32 Å². The highest BCUT2D eigenvalue weighted by Gasteiger charge is 2.17. The summed E-state index contributed by atoms with van der Waals surface area (Å²) in [5.41, 5.74) is 0.423. The first-order valence-corrected chi connectivity index (χ1v) is 8.84. The van der Waals surface area contributed by atoms with Crippen LogP contribution in [0.4, 0.5) is 11.6 Å². The van der Waals surface area contributed by atoms with Gasteiger partial charge in [0.1, 0.15) is 0 Å². The number of carbonyl (C=O) groups excluding carboxylic acids is 1. The van der Waals surface area contributed by atoms with Crippen LogP contribution in [0.15, 0.2) is 47.6 Å². The molecular formula is C16H20N4O3S. The molecule has 128 valence electrons. The Kier molecular flexibility index (Phi) is 5.18. The number of nitrogens with one attached hydrogen (secondary N) is 2. The molecule has 1 aromatic carbocycles. The van der Waals surface area contributed by atoms with Crippen molar-refractivity contribution in [1.82, 2.24) is 9.97 Å². The molecule has 0 fully saturated rings. The SMILES string of the molecule is CC(C)(C)CC(=O)Nc1ccc(S(=O)(=O)Nc2ncccn2)cc1. The van der Waals surface area contributed by atoms with Gasteiger partial charge in [0.05, 0.1) is 4.90 Å². The average molecular weight is 348 g/mol. The Morgan fingerprint density at radius 3 is 2.21 bits per heavy atom. The molecule has 0 saturated carbocycles. The van der Waals surface area contributed by atoms with E-state index in [1.807, 2.05) is 20.8 Å². The van der Waals surface area contributed by atoms with E-state index in [-0.39, 0.29) is 22.2 Å². The first-order valence-electron chi connectivity index (χ1n) is 7.35. The van der Waals surface area contributed by atoms with Crippen molar-refractivity contribution < 1.29 is 13.2 Å². The lowest BCUT2D eigenvalue weighted by atomic mass is 9.92. The van der Waals surface area contributed by atoms with Crippen LogP contribution in [0, 0.1) is 5.41 Å². The first-order chi connectivity index (χ1) is 11.2. The van der Waals surface area contributed by atoms with Crippen LogP contribution in [-0.2, 0) is 14.8 Å². The van der Waals surface area contributed by atoms with Gasteiger partial charge in [-0.25, -0.2) is 23.1 Å². The number of anilines is 2. The minimum Gasteiger partial charge on any atom is -0.326 e. The van der Waals surface area contributed by atoms with Gasteiger partial charge in [-0.3, -0.25) is 4.79 Å². The monoisotopic (exact) mass is 348 g/mol. The van der Waals surface area contributed by atoms with Gasteiger partial charge in [-0.15, -0.1) is 0 Å². The maximum atomic E-state index is 12.2. The second-order valence-electron chi connectivity index (χ2n) is 6.49. The highest BCUT2D eigenvalue weighted by atomic mass is 32.2. The highest BCUT2D eigenvalue weighted by molar-refractivity contribution is 7.92. The summed E-state index contributed by atoms with van der Waals surface area (Å²) >= 11 is 0. The molecule has 0 saturated heterocycles. The Hall–Kier alpha value is -2.48. The lowest BCUT2D eigenvalue weighted by Crippen LogP contribution is -2.19. The maximum Gasteiger partial charge on any atom is 0.264 e. The standard InChI is InChI=1S/C16H20N4O3S/c1-16(2,3)11-14(21)19-12-5-7-13(8-6-12)24(22,23)20-15-17-9-4-10-18-15/h4-10H,11H2,1-3H3,(H,19,21)(H,17,18,20). The molecule has 0 radical (unpaired) electrons. The van der Waals surface area contributed by atoms with Gasteiger partial charge in [0, 0.05) is 24.5 Å². The van der Waals surface area contributed by atoms with Gasteiger partial charge in [0.25, 0.3) is 10.0 Å². The molecule has 0 unspecified atom stereocenters. The summed E-state index contributed by atoms with van der Waals surface area (Å²) < 4.78 is 26.8. The third-order valence-electron chi connectivity index (χ3n) is 2.93. The maximum absolute atomic E-state index is 12.2. The molecule has 24 heavy (non-hydrogen) atoms. The average Bonchev–Trinajstić information content (AvgIpc) is 2.46. The number of nitrogens with zero attached hydrogens (tertiary/aromatic N) is 2. The topological polar surface area (TPSA) is 101 Å². The van der Waals surface area contributed by atoms with Crippen molar-refractivity contribution in [3.63, 3.8) is 0 Å². The van der Waals surface area contributed by atoms with Crippen LogP contribution < -0.4 is 10.0 Å². The summed E-state index contributed by atoms with van der Waals surface area (Å²) in [5, 5.41) is 2.75. The molecule has 0 bridgehead atoms. The van der Waals surface area contributed by atoms with E-state index in [1.54, 1.807) is 18.2 Å². The van der Waals surface area contributed by atoms with Crippen LogP contribution in [0.2, 0.25) is 0 Å². The van der Waals surface area contributed by atoms with Crippen molar-refractivity contribution in [2.45, 2.75) is 32.1 Å². The molecule has 1 heterocycles. The summed E-state index contributed by atoms with van der Waals surface area (Å²) in [5.74, 6) is -0.117. The number of hydrogen-bond acceptors (Lipinski definition) is 5. The van der Waals surface area contributed by atoms with Crippen LogP contribution in [0.25, 0.3) is 0 Å². The number of benzene rings is 1. The van der Waals surface area contributed by atoms with E-state index in [2.05, 4.69) is 20.0 Å². The molecule has 2 rings (SSSR count). The van der Waals surface area contributed by atoms with Crippen LogP contribution >= 0.6 is 0 Å². The molecule has 1 aromatic heterocycles. The van der Waals surface area contributed by atoms with E-state index in [4.69, 9.17) is 0 Å². The van der Waals surface area contributed by atoms with E-state index in [1.165, 1.54) is 24.5 Å². The van der Waals surface area contributed by atoms with E-state index in [0.29, 0.717) is 12.1 Å². The number of rotatable bonds is 5. The van der Waals surface area contributed by atoms with Crippen molar-refractivity contribution in [3.05, 3.63) is 42.7 Å². The Bertz CT molecular complexity index is 797. The Balaban J connectivity index is 2.07. The van der Waals surface area contributed by atoms with Crippen molar-refractivity contribution in [1.29, 1.82) is 0 Å². The second kappa shape index (κ2) is 6.96. The highest BCUT2D eigenvalue weighted by Crippen LogP contribution is 2.20. The summed E-state index contributed by atoms with van der Waals surface area (Å²) in [6, 6.07) is 7.50. The summed E-state index contributed by atoms with van der Waals surface area (Å²) in [6.45, 7) is 5.92. The number of aromatic nitrogens is 2. The third-order valence-corrected chi connectivity index (χ3v) is 4.27. The number of sulfonamides is 1. The molecule has 1 amide bonds. The summed E-state index contributed by atoms with van der Waals surface area (Å²) in [6.07, 6.45) is 3.26. The zero-order valence-corrected chi connectivity index (χ0v) is 14.6. The van der Waals surface area contributed by atoms with Crippen molar-refractivity contribution in [2.24, 2.45) is 5.41 Å². The normalized spacial score (nSPS) is 11.8. The third kappa shape index (κ3) is 5.31. The Morgan fingerprint density at radius 1 is 1.08 bits per heavy atom. The molecule has 0 spiro atoms. The van der Waals surface area contributed by atoms with Crippen LogP contribution in [0.3, 0.4) is 0 Å². The predicted octanol–water partition coefficient (Wildman–Crippen LogP) is 2.65. The molecule has 0 atom stereocenters.